The summed E-state index contributed by atoms with van der Waals surface area (Å²) in [5.41, 5.74) is 3.26. The standard InChI is InChI=1S/C20H25N5O2/c1-14-11-18(26-4)19(27-5)12-16(14)13-24(3)15(2)20-21-22-23-25(20)17-9-7-6-8-10-17/h6-12,15H,13H2,1-5H3. The maximum atomic E-state index is 5.44. The Bertz CT molecular complexity index is 895. The molecule has 0 N–H and O–H groups in total. The Morgan fingerprint density at radius 2 is 1.74 bits per heavy atom. The summed E-state index contributed by atoms with van der Waals surface area (Å²) in [6, 6.07) is 14.0. The van der Waals surface area contributed by atoms with Gasteiger partial charge in [-0.1, -0.05) is 18.2 Å². The minimum Gasteiger partial charge on any atom is -0.493 e. The molecular formula is C20H25N5O2. The van der Waals surface area contributed by atoms with Crippen LogP contribution in [0.4, 0.5) is 0 Å². The number of methoxy groups -OCH3 is 2. The molecule has 3 aromatic rings. The number of benzene rings is 2. The van der Waals surface area contributed by atoms with Gasteiger partial charge in [0, 0.05) is 6.54 Å². The number of hydrogen-bond acceptors (Lipinski definition) is 6. The zero-order valence-corrected chi connectivity index (χ0v) is 16.4. The average Bonchev–Trinajstić information content (AvgIpc) is 3.18. The van der Waals surface area contributed by atoms with Gasteiger partial charge in [0.1, 0.15) is 0 Å². The lowest BCUT2D eigenvalue weighted by atomic mass is 10.1. The van der Waals surface area contributed by atoms with Gasteiger partial charge in [-0.05, 0) is 66.7 Å². The van der Waals surface area contributed by atoms with Gasteiger partial charge < -0.3 is 9.47 Å². The van der Waals surface area contributed by atoms with Gasteiger partial charge in [-0.3, -0.25) is 4.90 Å². The number of hydrogen-bond donors (Lipinski definition) is 0. The highest BCUT2D eigenvalue weighted by Crippen LogP contribution is 2.31. The van der Waals surface area contributed by atoms with Crippen molar-refractivity contribution in [2.24, 2.45) is 0 Å². The predicted molar refractivity (Wildman–Crippen MR) is 103 cm³/mol. The van der Waals surface area contributed by atoms with Crippen molar-refractivity contribution >= 4 is 0 Å². The Balaban J connectivity index is 1.84. The summed E-state index contributed by atoms with van der Waals surface area (Å²) < 4.78 is 12.6. The van der Waals surface area contributed by atoms with Gasteiger partial charge in [0.15, 0.2) is 17.3 Å². The van der Waals surface area contributed by atoms with Crippen molar-refractivity contribution in [3.8, 4) is 17.2 Å². The lowest BCUT2D eigenvalue weighted by Crippen LogP contribution is -2.25. The minimum atomic E-state index is 0.0210. The van der Waals surface area contributed by atoms with Crippen molar-refractivity contribution < 1.29 is 9.47 Å². The number of aryl methyl sites for hydroxylation is 1. The van der Waals surface area contributed by atoms with E-state index in [1.807, 2.05) is 42.5 Å². The van der Waals surface area contributed by atoms with Crippen molar-refractivity contribution in [2.75, 3.05) is 21.3 Å². The van der Waals surface area contributed by atoms with Gasteiger partial charge in [-0.2, -0.15) is 4.68 Å². The molecule has 0 saturated carbocycles. The molecule has 0 fully saturated rings. The highest BCUT2D eigenvalue weighted by molar-refractivity contribution is 5.47. The van der Waals surface area contributed by atoms with E-state index >= 15 is 0 Å². The third-order valence-electron chi connectivity index (χ3n) is 4.79. The number of nitrogens with zero attached hydrogens (tertiary/aromatic N) is 5. The maximum Gasteiger partial charge on any atom is 0.173 e. The topological polar surface area (TPSA) is 65.3 Å². The van der Waals surface area contributed by atoms with E-state index in [0.717, 1.165) is 35.1 Å². The molecule has 0 amide bonds. The van der Waals surface area contributed by atoms with Gasteiger partial charge in [-0.25, -0.2) is 0 Å². The molecular weight excluding hydrogens is 342 g/mol. The molecule has 7 nitrogen and oxygen atoms in total. The largest absolute Gasteiger partial charge is 0.493 e. The summed E-state index contributed by atoms with van der Waals surface area (Å²) >= 11 is 0. The van der Waals surface area contributed by atoms with Crippen LogP contribution in [0.5, 0.6) is 11.5 Å². The average molecular weight is 367 g/mol. The Hall–Kier alpha value is -2.93. The molecule has 0 bridgehead atoms. The van der Waals surface area contributed by atoms with Gasteiger partial charge in [0.25, 0.3) is 0 Å². The smallest absolute Gasteiger partial charge is 0.173 e. The molecule has 7 heteroatoms. The van der Waals surface area contributed by atoms with Crippen LogP contribution >= 0.6 is 0 Å². The molecule has 27 heavy (non-hydrogen) atoms. The van der Waals surface area contributed by atoms with Crippen molar-refractivity contribution in [2.45, 2.75) is 26.4 Å². The number of tetrazole rings is 1. The van der Waals surface area contributed by atoms with Crippen LogP contribution in [0.1, 0.15) is 29.9 Å². The van der Waals surface area contributed by atoms with Gasteiger partial charge in [-0.15, -0.1) is 5.10 Å². The summed E-state index contributed by atoms with van der Waals surface area (Å²) in [7, 11) is 5.36. The minimum absolute atomic E-state index is 0.0210. The molecule has 1 aromatic heterocycles. The quantitative estimate of drug-likeness (QED) is 0.639. The number of aromatic nitrogens is 4. The zero-order valence-electron chi connectivity index (χ0n) is 16.4. The van der Waals surface area contributed by atoms with E-state index in [0.29, 0.717) is 0 Å². The first-order chi connectivity index (χ1) is 13.0. The third-order valence-corrected chi connectivity index (χ3v) is 4.79. The van der Waals surface area contributed by atoms with E-state index in [9.17, 15) is 0 Å². The van der Waals surface area contributed by atoms with Gasteiger partial charge >= 0.3 is 0 Å². The van der Waals surface area contributed by atoms with Gasteiger partial charge in [0.2, 0.25) is 0 Å². The SMILES string of the molecule is COc1cc(C)c(CN(C)C(C)c2nnnn2-c2ccccc2)cc1OC. The highest BCUT2D eigenvalue weighted by Gasteiger charge is 2.21. The molecule has 1 heterocycles. The van der Waals surface area contributed by atoms with Crippen LogP contribution in [0, 0.1) is 6.92 Å². The molecule has 2 aromatic carbocycles. The van der Waals surface area contributed by atoms with Crippen LogP contribution in [0.25, 0.3) is 5.69 Å². The van der Waals surface area contributed by atoms with E-state index in [4.69, 9.17) is 9.47 Å². The van der Waals surface area contributed by atoms with Crippen molar-refractivity contribution in [1.82, 2.24) is 25.1 Å². The maximum absolute atomic E-state index is 5.44. The fourth-order valence-corrected chi connectivity index (χ4v) is 3.00. The lowest BCUT2D eigenvalue weighted by Gasteiger charge is -2.25. The summed E-state index contributed by atoms with van der Waals surface area (Å²) in [5, 5.41) is 12.3. The second-order valence-corrected chi connectivity index (χ2v) is 6.51. The normalized spacial score (nSPS) is 12.2. The Kier molecular flexibility index (Phi) is 5.71. The fourth-order valence-electron chi connectivity index (χ4n) is 3.00. The van der Waals surface area contributed by atoms with Crippen LogP contribution in [-0.2, 0) is 6.54 Å². The van der Waals surface area contributed by atoms with E-state index in [2.05, 4.69) is 41.3 Å². The fraction of sp³-hybridized carbons (Fsp3) is 0.350. The number of para-hydroxylation sites is 1. The van der Waals surface area contributed by atoms with E-state index in [1.54, 1.807) is 18.9 Å². The Labute approximate surface area is 159 Å². The number of ether oxygens (including phenoxy) is 2. The van der Waals surface area contributed by atoms with Crippen LogP contribution < -0.4 is 9.47 Å². The molecule has 0 aliphatic carbocycles. The highest BCUT2D eigenvalue weighted by atomic mass is 16.5. The first kappa shape index (κ1) is 18.8. The van der Waals surface area contributed by atoms with E-state index in [-0.39, 0.29) is 6.04 Å². The molecule has 1 unspecified atom stereocenters. The first-order valence-corrected chi connectivity index (χ1v) is 8.80. The van der Waals surface area contributed by atoms with E-state index in [1.165, 1.54) is 5.56 Å². The van der Waals surface area contributed by atoms with Crippen molar-refractivity contribution in [1.29, 1.82) is 0 Å². The monoisotopic (exact) mass is 367 g/mol. The third kappa shape index (κ3) is 3.93. The second kappa shape index (κ2) is 8.18. The summed E-state index contributed by atoms with van der Waals surface area (Å²) in [4.78, 5) is 2.21. The molecule has 0 saturated heterocycles. The van der Waals surface area contributed by atoms with Crippen LogP contribution in [0.2, 0.25) is 0 Å². The molecule has 142 valence electrons. The predicted octanol–water partition coefficient (Wildman–Crippen LogP) is 3.18. The van der Waals surface area contributed by atoms with Crippen molar-refractivity contribution in [3.05, 3.63) is 59.4 Å². The molecule has 0 radical (unpaired) electrons. The molecule has 0 aliphatic heterocycles. The molecule has 0 aliphatic rings. The van der Waals surface area contributed by atoms with Crippen molar-refractivity contribution in [3.63, 3.8) is 0 Å². The summed E-state index contributed by atoms with van der Waals surface area (Å²) in [6.07, 6.45) is 0. The molecule has 1 atom stereocenters. The first-order valence-electron chi connectivity index (χ1n) is 8.80. The summed E-state index contributed by atoms with van der Waals surface area (Å²) in [6.45, 7) is 4.90. The Morgan fingerprint density at radius 3 is 2.41 bits per heavy atom. The van der Waals surface area contributed by atoms with Crippen LogP contribution in [0.15, 0.2) is 42.5 Å². The van der Waals surface area contributed by atoms with Crippen LogP contribution in [0.3, 0.4) is 0 Å². The van der Waals surface area contributed by atoms with Crippen LogP contribution in [-0.4, -0.2) is 46.4 Å². The molecule has 0 spiro atoms. The lowest BCUT2D eigenvalue weighted by molar-refractivity contribution is 0.239. The molecule has 3 rings (SSSR count). The zero-order chi connectivity index (χ0) is 19.4. The Morgan fingerprint density at radius 1 is 1.07 bits per heavy atom. The van der Waals surface area contributed by atoms with E-state index < -0.39 is 0 Å². The number of rotatable bonds is 7. The van der Waals surface area contributed by atoms with Gasteiger partial charge in [0.05, 0.1) is 25.9 Å². The summed E-state index contributed by atoms with van der Waals surface area (Å²) in [5.74, 6) is 2.26. The second-order valence-electron chi connectivity index (χ2n) is 6.51.